The van der Waals surface area contributed by atoms with Gasteiger partial charge in [0, 0.05) is 23.4 Å². The number of carbonyl (C=O) groups is 1. The van der Waals surface area contributed by atoms with E-state index in [2.05, 4.69) is 4.98 Å². The molecule has 6 nitrogen and oxygen atoms in total. The summed E-state index contributed by atoms with van der Waals surface area (Å²) in [5, 5.41) is 10.6. The average Bonchev–Trinajstić information content (AvgIpc) is 2.28. The molecule has 7 heteroatoms. The molecule has 0 aliphatic heterocycles. The van der Waals surface area contributed by atoms with Crippen LogP contribution < -0.4 is 0 Å². The van der Waals surface area contributed by atoms with Crippen LogP contribution in [0.25, 0.3) is 6.08 Å². The molecule has 1 heterocycles. The summed E-state index contributed by atoms with van der Waals surface area (Å²) in [4.78, 5) is 25.0. The number of halogens is 1. The lowest BCUT2D eigenvalue weighted by molar-refractivity contribution is -0.385. The standard InChI is InChI=1S/C11H11ClN2O4/c1-3-18-9(15)5-4-8-6-13-11(12)10(7(8)2)14(16)17/h4-6H,3H2,1-2H3. The van der Waals surface area contributed by atoms with Gasteiger partial charge in [-0.05, 0) is 19.9 Å². The molecule has 0 amide bonds. The normalized spacial score (nSPS) is 10.6. The minimum Gasteiger partial charge on any atom is -0.463 e. The number of rotatable bonds is 4. The van der Waals surface area contributed by atoms with Gasteiger partial charge >= 0.3 is 11.7 Å². The van der Waals surface area contributed by atoms with Gasteiger partial charge in [-0.25, -0.2) is 9.78 Å². The Hall–Kier alpha value is -1.95. The minimum atomic E-state index is -0.605. The molecule has 96 valence electrons. The Morgan fingerprint density at radius 1 is 1.67 bits per heavy atom. The quantitative estimate of drug-likeness (QED) is 0.276. The number of hydrogen-bond donors (Lipinski definition) is 0. The summed E-state index contributed by atoms with van der Waals surface area (Å²) < 4.78 is 4.70. The van der Waals surface area contributed by atoms with Crippen LogP contribution in [0.15, 0.2) is 12.3 Å². The maximum Gasteiger partial charge on any atom is 0.330 e. The van der Waals surface area contributed by atoms with E-state index in [9.17, 15) is 14.9 Å². The molecule has 0 aromatic carbocycles. The van der Waals surface area contributed by atoms with Crippen LogP contribution in [0.2, 0.25) is 5.15 Å². The Labute approximate surface area is 108 Å². The van der Waals surface area contributed by atoms with Crippen LogP contribution >= 0.6 is 11.6 Å². The van der Waals surface area contributed by atoms with Crippen molar-refractivity contribution in [2.75, 3.05) is 6.61 Å². The van der Waals surface area contributed by atoms with Gasteiger partial charge in [0.15, 0.2) is 0 Å². The molecule has 0 aliphatic rings. The van der Waals surface area contributed by atoms with Gasteiger partial charge < -0.3 is 4.74 Å². The van der Waals surface area contributed by atoms with Crippen molar-refractivity contribution < 1.29 is 14.5 Å². The topological polar surface area (TPSA) is 82.3 Å². The second kappa shape index (κ2) is 6.11. The first-order valence-corrected chi connectivity index (χ1v) is 5.49. The van der Waals surface area contributed by atoms with Crippen LogP contribution in [0.5, 0.6) is 0 Å². The zero-order valence-electron chi connectivity index (χ0n) is 9.84. The second-order valence-corrected chi connectivity index (χ2v) is 3.68. The summed E-state index contributed by atoms with van der Waals surface area (Å²) in [5.74, 6) is -0.519. The number of ether oxygens (including phenoxy) is 1. The van der Waals surface area contributed by atoms with Crippen molar-refractivity contribution in [1.82, 2.24) is 4.98 Å². The van der Waals surface area contributed by atoms with Crippen molar-refractivity contribution in [3.63, 3.8) is 0 Å². The first-order valence-electron chi connectivity index (χ1n) is 5.11. The van der Waals surface area contributed by atoms with Crippen LogP contribution in [-0.4, -0.2) is 22.5 Å². The van der Waals surface area contributed by atoms with Crippen molar-refractivity contribution >= 4 is 29.3 Å². The van der Waals surface area contributed by atoms with Gasteiger partial charge in [0.1, 0.15) is 0 Å². The van der Waals surface area contributed by atoms with E-state index < -0.39 is 10.9 Å². The van der Waals surface area contributed by atoms with Crippen LogP contribution in [0.4, 0.5) is 5.69 Å². The van der Waals surface area contributed by atoms with Crippen molar-refractivity contribution in [2.24, 2.45) is 0 Å². The molecular weight excluding hydrogens is 260 g/mol. The summed E-state index contributed by atoms with van der Waals surface area (Å²) >= 11 is 5.64. The van der Waals surface area contributed by atoms with E-state index in [1.807, 2.05) is 0 Å². The Morgan fingerprint density at radius 3 is 2.89 bits per heavy atom. The highest BCUT2D eigenvalue weighted by molar-refractivity contribution is 6.31. The van der Waals surface area contributed by atoms with Gasteiger partial charge in [-0.3, -0.25) is 10.1 Å². The number of esters is 1. The Kier molecular flexibility index (Phi) is 4.79. The lowest BCUT2D eigenvalue weighted by atomic mass is 10.1. The van der Waals surface area contributed by atoms with E-state index in [4.69, 9.17) is 16.3 Å². The van der Waals surface area contributed by atoms with E-state index in [1.54, 1.807) is 6.92 Å². The number of hydrogen-bond acceptors (Lipinski definition) is 5. The molecule has 0 bridgehead atoms. The Balaban J connectivity index is 3.09. The Morgan fingerprint density at radius 2 is 2.33 bits per heavy atom. The van der Waals surface area contributed by atoms with E-state index in [1.165, 1.54) is 25.3 Å². The number of nitro groups is 1. The maximum atomic E-state index is 11.1. The molecule has 1 aromatic rings. The summed E-state index contributed by atoms with van der Waals surface area (Å²) in [7, 11) is 0. The third kappa shape index (κ3) is 3.27. The molecule has 0 radical (unpaired) electrons. The number of carbonyl (C=O) groups excluding carboxylic acids is 1. The zero-order chi connectivity index (χ0) is 13.7. The first-order chi connectivity index (χ1) is 8.47. The smallest absolute Gasteiger partial charge is 0.330 e. The lowest BCUT2D eigenvalue weighted by Crippen LogP contribution is -2.00. The van der Waals surface area contributed by atoms with Gasteiger partial charge in [0.05, 0.1) is 11.5 Å². The van der Waals surface area contributed by atoms with E-state index in [0.717, 1.165) is 0 Å². The molecule has 0 unspecified atom stereocenters. The molecule has 0 N–H and O–H groups in total. The second-order valence-electron chi connectivity index (χ2n) is 3.32. The number of pyridine rings is 1. The van der Waals surface area contributed by atoms with Crippen LogP contribution in [0.1, 0.15) is 18.1 Å². The molecule has 1 rings (SSSR count). The number of nitrogens with zero attached hydrogens (tertiary/aromatic N) is 2. The van der Waals surface area contributed by atoms with Crippen LogP contribution in [-0.2, 0) is 9.53 Å². The fourth-order valence-electron chi connectivity index (χ4n) is 1.30. The zero-order valence-corrected chi connectivity index (χ0v) is 10.6. The molecule has 0 fully saturated rings. The van der Waals surface area contributed by atoms with E-state index >= 15 is 0 Å². The van der Waals surface area contributed by atoms with Gasteiger partial charge in [-0.15, -0.1) is 0 Å². The molecule has 0 saturated heterocycles. The fourth-order valence-corrected chi connectivity index (χ4v) is 1.56. The fraction of sp³-hybridized carbons (Fsp3) is 0.273. The predicted molar refractivity (Wildman–Crippen MR) is 66.3 cm³/mol. The van der Waals surface area contributed by atoms with Crippen molar-refractivity contribution in [2.45, 2.75) is 13.8 Å². The predicted octanol–water partition coefficient (Wildman–Crippen LogP) is 2.53. The third-order valence-electron chi connectivity index (χ3n) is 2.17. The molecule has 0 atom stereocenters. The van der Waals surface area contributed by atoms with Gasteiger partial charge in [0.2, 0.25) is 5.15 Å². The van der Waals surface area contributed by atoms with Crippen molar-refractivity contribution in [3.8, 4) is 0 Å². The summed E-state index contributed by atoms with van der Waals surface area (Å²) in [6.07, 6.45) is 3.95. The summed E-state index contributed by atoms with van der Waals surface area (Å²) in [5.41, 5.74) is 0.530. The van der Waals surface area contributed by atoms with Crippen molar-refractivity contribution in [3.05, 3.63) is 38.7 Å². The Bertz CT molecular complexity index is 514. The van der Waals surface area contributed by atoms with Crippen LogP contribution in [0.3, 0.4) is 0 Å². The average molecular weight is 271 g/mol. The SMILES string of the molecule is CCOC(=O)C=Cc1cnc(Cl)c([N+](=O)[O-])c1C. The third-order valence-corrected chi connectivity index (χ3v) is 2.45. The molecule has 1 aromatic heterocycles. The maximum absolute atomic E-state index is 11.1. The highest BCUT2D eigenvalue weighted by Crippen LogP contribution is 2.28. The lowest BCUT2D eigenvalue weighted by Gasteiger charge is -2.02. The van der Waals surface area contributed by atoms with E-state index in [-0.39, 0.29) is 17.4 Å². The van der Waals surface area contributed by atoms with Gasteiger partial charge in [-0.1, -0.05) is 11.6 Å². The van der Waals surface area contributed by atoms with Gasteiger partial charge in [0.25, 0.3) is 0 Å². The highest BCUT2D eigenvalue weighted by atomic mass is 35.5. The highest BCUT2D eigenvalue weighted by Gasteiger charge is 2.19. The molecule has 0 saturated carbocycles. The first kappa shape index (κ1) is 14.1. The molecule has 18 heavy (non-hydrogen) atoms. The monoisotopic (exact) mass is 270 g/mol. The molecular formula is C11H11ClN2O4. The minimum absolute atomic E-state index is 0.175. The summed E-state index contributed by atoms with van der Waals surface area (Å²) in [6.45, 7) is 3.49. The van der Waals surface area contributed by atoms with Gasteiger partial charge in [-0.2, -0.15) is 0 Å². The van der Waals surface area contributed by atoms with Crippen LogP contribution in [0, 0.1) is 17.0 Å². The molecule has 0 spiro atoms. The number of aromatic nitrogens is 1. The van der Waals surface area contributed by atoms with E-state index in [0.29, 0.717) is 11.1 Å². The molecule has 0 aliphatic carbocycles. The summed E-state index contributed by atoms with van der Waals surface area (Å²) in [6, 6.07) is 0. The van der Waals surface area contributed by atoms with Crippen molar-refractivity contribution in [1.29, 1.82) is 0 Å². The largest absolute Gasteiger partial charge is 0.463 e.